The van der Waals surface area contributed by atoms with Crippen molar-refractivity contribution in [2.75, 3.05) is 31.5 Å². The Morgan fingerprint density at radius 1 is 1.27 bits per heavy atom. The van der Waals surface area contributed by atoms with E-state index in [4.69, 9.17) is 0 Å². The molecular formula is C17H27N3O2. The average Bonchev–Trinajstić information content (AvgIpc) is 2.51. The van der Waals surface area contributed by atoms with Crippen molar-refractivity contribution in [2.24, 2.45) is 0 Å². The molecule has 1 saturated heterocycles. The van der Waals surface area contributed by atoms with Gasteiger partial charge in [-0.1, -0.05) is 18.6 Å². The Labute approximate surface area is 132 Å². The lowest BCUT2D eigenvalue weighted by Gasteiger charge is -2.28. The van der Waals surface area contributed by atoms with Crippen LogP contribution < -0.4 is 10.6 Å². The minimum atomic E-state index is -0.526. The summed E-state index contributed by atoms with van der Waals surface area (Å²) in [6.45, 7) is 6.99. The van der Waals surface area contributed by atoms with E-state index in [2.05, 4.69) is 15.5 Å². The molecule has 0 aliphatic carbocycles. The summed E-state index contributed by atoms with van der Waals surface area (Å²) >= 11 is 0. The number of likely N-dealkylation sites (tertiary alicyclic amines) is 1. The summed E-state index contributed by atoms with van der Waals surface area (Å²) in [6.07, 6.45) is 3.16. The number of piperidine rings is 1. The van der Waals surface area contributed by atoms with Crippen LogP contribution in [-0.2, 0) is 0 Å². The Kier molecular flexibility index (Phi) is 6.21. The van der Waals surface area contributed by atoms with Gasteiger partial charge in [0, 0.05) is 18.8 Å². The first-order chi connectivity index (χ1) is 10.6. The first-order valence-electron chi connectivity index (χ1n) is 8.08. The maximum Gasteiger partial charge on any atom is 0.319 e. The zero-order valence-corrected chi connectivity index (χ0v) is 13.6. The van der Waals surface area contributed by atoms with Gasteiger partial charge in [0.1, 0.15) is 0 Å². The van der Waals surface area contributed by atoms with Crippen molar-refractivity contribution in [3.05, 3.63) is 29.3 Å². The fourth-order valence-electron chi connectivity index (χ4n) is 2.77. The number of carbonyl (C=O) groups is 1. The van der Waals surface area contributed by atoms with Gasteiger partial charge in [-0.2, -0.15) is 0 Å². The molecule has 0 unspecified atom stereocenters. The number of hydrogen-bond donors (Lipinski definition) is 3. The van der Waals surface area contributed by atoms with Crippen molar-refractivity contribution in [3.63, 3.8) is 0 Å². The minimum Gasteiger partial charge on any atom is -0.390 e. The number of urea groups is 1. The SMILES string of the molecule is Cc1cccc(NC(=O)NC[C@H](O)CN2CCCCC2)c1C. The lowest BCUT2D eigenvalue weighted by atomic mass is 10.1. The number of aryl methyl sites for hydroxylation is 1. The zero-order chi connectivity index (χ0) is 15.9. The van der Waals surface area contributed by atoms with Crippen LogP contribution >= 0.6 is 0 Å². The largest absolute Gasteiger partial charge is 0.390 e. The van der Waals surface area contributed by atoms with Gasteiger partial charge in [0.15, 0.2) is 0 Å². The molecule has 122 valence electrons. The first-order valence-corrected chi connectivity index (χ1v) is 8.08. The summed E-state index contributed by atoms with van der Waals surface area (Å²) in [5.74, 6) is 0. The molecule has 5 nitrogen and oxygen atoms in total. The fourth-order valence-corrected chi connectivity index (χ4v) is 2.77. The second-order valence-corrected chi connectivity index (χ2v) is 6.10. The van der Waals surface area contributed by atoms with Gasteiger partial charge < -0.3 is 20.6 Å². The van der Waals surface area contributed by atoms with Gasteiger partial charge in [-0.25, -0.2) is 4.79 Å². The molecule has 1 aromatic carbocycles. The summed E-state index contributed by atoms with van der Waals surface area (Å²) in [4.78, 5) is 14.2. The van der Waals surface area contributed by atoms with Crippen LogP contribution in [-0.4, -0.2) is 48.3 Å². The number of carbonyl (C=O) groups excluding carboxylic acids is 1. The highest BCUT2D eigenvalue weighted by Crippen LogP contribution is 2.17. The summed E-state index contributed by atoms with van der Waals surface area (Å²) in [6, 6.07) is 5.54. The van der Waals surface area contributed by atoms with Gasteiger partial charge in [0.05, 0.1) is 6.10 Å². The van der Waals surface area contributed by atoms with Gasteiger partial charge in [-0.3, -0.25) is 0 Å². The molecule has 1 aliphatic heterocycles. The molecule has 0 saturated carbocycles. The monoisotopic (exact) mass is 305 g/mol. The molecule has 1 aliphatic rings. The second-order valence-electron chi connectivity index (χ2n) is 6.10. The van der Waals surface area contributed by atoms with E-state index in [9.17, 15) is 9.90 Å². The minimum absolute atomic E-state index is 0.271. The van der Waals surface area contributed by atoms with Gasteiger partial charge in [0.2, 0.25) is 0 Å². The van der Waals surface area contributed by atoms with E-state index in [1.54, 1.807) is 0 Å². The third kappa shape index (κ3) is 5.00. The van der Waals surface area contributed by atoms with Crippen LogP contribution in [0.25, 0.3) is 0 Å². The van der Waals surface area contributed by atoms with E-state index in [-0.39, 0.29) is 12.6 Å². The lowest BCUT2D eigenvalue weighted by molar-refractivity contribution is 0.102. The highest BCUT2D eigenvalue weighted by Gasteiger charge is 2.15. The molecule has 2 rings (SSSR count). The molecule has 1 aromatic rings. The van der Waals surface area contributed by atoms with Crippen molar-refractivity contribution >= 4 is 11.7 Å². The van der Waals surface area contributed by atoms with E-state index in [0.717, 1.165) is 29.9 Å². The predicted octanol–water partition coefficient (Wildman–Crippen LogP) is 2.27. The topological polar surface area (TPSA) is 64.6 Å². The Morgan fingerprint density at radius 3 is 2.73 bits per heavy atom. The summed E-state index contributed by atoms with van der Waals surface area (Å²) in [5.41, 5.74) is 3.01. The van der Waals surface area contributed by atoms with Crippen LogP contribution in [0.5, 0.6) is 0 Å². The van der Waals surface area contributed by atoms with Crippen molar-refractivity contribution in [3.8, 4) is 0 Å². The first kappa shape index (κ1) is 16.8. The number of aliphatic hydroxyl groups is 1. The Bertz CT molecular complexity index is 499. The van der Waals surface area contributed by atoms with Crippen molar-refractivity contribution in [1.29, 1.82) is 0 Å². The number of hydrogen-bond acceptors (Lipinski definition) is 3. The summed E-state index contributed by atoms with van der Waals surface area (Å²) in [5, 5.41) is 15.6. The predicted molar refractivity (Wildman–Crippen MR) is 89.2 cm³/mol. The Balaban J connectivity index is 1.73. The molecular weight excluding hydrogens is 278 g/mol. The molecule has 1 fully saturated rings. The van der Waals surface area contributed by atoms with Gasteiger partial charge in [-0.15, -0.1) is 0 Å². The smallest absolute Gasteiger partial charge is 0.319 e. The summed E-state index contributed by atoms with van der Waals surface area (Å²) in [7, 11) is 0. The number of benzene rings is 1. The fraction of sp³-hybridized carbons (Fsp3) is 0.588. The molecule has 3 N–H and O–H groups in total. The Morgan fingerprint density at radius 2 is 2.00 bits per heavy atom. The third-order valence-corrected chi connectivity index (χ3v) is 4.27. The number of nitrogens with one attached hydrogen (secondary N) is 2. The molecule has 1 heterocycles. The van der Waals surface area contributed by atoms with Gasteiger partial charge >= 0.3 is 6.03 Å². The van der Waals surface area contributed by atoms with Crippen LogP contribution in [0, 0.1) is 13.8 Å². The molecule has 22 heavy (non-hydrogen) atoms. The van der Waals surface area contributed by atoms with Crippen LogP contribution in [0.2, 0.25) is 0 Å². The van der Waals surface area contributed by atoms with E-state index in [1.165, 1.54) is 19.3 Å². The van der Waals surface area contributed by atoms with Gasteiger partial charge in [-0.05, 0) is 57.0 Å². The van der Waals surface area contributed by atoms with E-state index >= 15 is 0 Å². The maximum atomic E-state index is 11.9. The summed E-state index contributed by atoms with van der Waals surface area (Å²) < 4.78 is 0. The average molecular weight is 305 g/mol. The number of rotatable bonds is 5. The van der Waals surface area contributed by atoms with Gasteiger partial charge in [0.25, 0.3) is 0 Å². The third-order valence-electron chi connectivity index (χ3n) is 4.27. The van der Waals surface area contributed by atoms with Crippen LogP contribution in [0.1, 0.15) is 30.4 Å². The molecule has 2 amide bonds. The molecule has 0 aromatic heterocycles. The molecule has 0 spiro atoms. The maximum absolute atomic E-state index is 11.9. The van der Waals surface area contributed by atoms with E-state index in [0.29, 0.717) is 6.54 Å². The standard InChI is InChI=1S/C17H27N3O2/c1-13-7-6-8-16(14(13)2)19-17(22)18-11-15(21)12-20-9-4-3-5-10-20/h6-8,15,21H,3-5,9-12H2,1-2H3,(H2,18,19,22)/t15-/m0/s1. The van der Waals surface area contributed by atoms with E-state index < -0.39 is 6.10 Å². The van der Waals surface area contributed by atoms with Crippen molar-refractivity contribution in [2.45, 2.75) is 39.2 Å². The van der Waals surface area contributed by atoms with Crippen molar-refractivity contribution < 1.29 is 9.90 Å². The quantitative estimate of drug-likeness (QED) is 0.782. The second kappa shape index (κ2) is 8.15. The number of aliphatic hydroxyl groups excluding tert-OH is 1. The molecule has 0 bridgehead atoms. The Hall–Kier alpha value is -1.59. The number of β-amino-alcohol motifs (C(OH)–C–C–N with tert-alkyl or cyclic N) is 1. The lowest BCUT2D eigenvalue weighted by Crippen LogP contribution is -2.43. The molecule has 1 atom stereocenters. The molecule has 0 radical (unpaired) electrons. The highest BCUT2D eigenvalue weighted by molar-refractivity contribution is 5.90. The zero-order valence-electron chi connectivity index (χ0n) is 13.6. The number of amides is 2. The molecule has 5 heteroatoms. The number of nitrogens with zero attached hydrogens (tertiary/aromatic N) is 1. The highest BCUT2D eigenvalue weighted by atomic mass is 16.3. The van der Waals surface area contributed by atoms with Crippen LogP contribution in [0.15, 0.2) is 18.2 Å². The van der Waals surface area contributed by atoms with E-state index in [1.807, 2.05) is 32.0 Å². The van der Waals surface area contributed by atoms with Crippen LogP contribution in [0.4, 0.5) is 10.5 Å². The number of anilines is 1. The normalized spacial score (nSPS) is 17.0. The van der Waals surface area contributed by atoms with Crippen LogP contribution in [0.3, 0.4) is 0 Å². The van der Waals surface area contributed by atoms with Crippen molar-refractivity contribution in [1.82, 2.24) is 10.2 Å².